The maximum absolute atomic E-state index is 12.4. The number of hydrogen-bond acceptors (Lipinski definition) is 4. The predicted octanol–water partition coefficient (Wildman–Crippen LogP) is 0.0857. The highest BCUT2D eigenvalue weighted by atomic mass is 35.5. The van der Waals surface area contributed by atoms with E-state index < -0.39 is 4.92 Å². The largest absolute Gasteiger partial charge is 1.00 e. The van der Waals surface area contributed by atoms with E-state index in [0.29, 0.717) is 16.9 Å². The monoisotopic (exact) mass is 426 g/mol. The molecule has 0 unspecified atom stereocenters. The lowest BCUT2D eigenvalue weighted by atomic mass is 10.2. The fraction of sp³-hybridized carbons (Fsp3) is 0.0952. The Morgan fingerprint density at radius 3 is 2.20 bits per heavy atom. The molecular weight excluding hydrogens is 408 g/mol. The minimum absolute atomic E-state index is 0. The molecule has 0 saturated heterocycles. The number of nitro groups is 1. The van der Waals surface area contributed by atoms with Crippen LogP contribution in [0.25, 0.3) is 0 Å². The van der Waals surface area contributed by atoms with E-state index in [0.717, 1.165) is 5.56 Å². The summed E-state index contributed by atoms with van der Waals surface area (Å²) in [5.41, 5.74) is 2.54. The molecule has 0 saturated carbocycles. The smallest absolute Gasteiger partial charge is 0.290 e. The fourth-order valence-corrected chi connectivity index (χ4v) is 2.63. The summed E-state index contributed by atoms with van der Waals surface area (Å²) in [6.07, 6.45) is 3.26. The van der Waals surface area contributed by atoms with E-state index in [9.17, 15) is 19.7 Å². The third kappa shape index (κ3) is 6.11. The number of anilines is 2. The van der Waals surface area contributed by atoms with E-state index >= 15 is 0 Å². The van der Waals surface area contributed by atoms with Crippen molar-refractivity contribution in [2.75, 3.05) is 10.6 Å². The highest BCUT2D eigenvalue weighted by Gasteiger charge is 2.15. The number of carbonyl (C=O) groups is 2. The molecule has 0 atom stereocenters. The van der Waals surface area contributed by atoms with E-state index in [2.05, 4.69) is 10.6 Å². The molecule has 2 amide bonds. The van der Waals surface area contributed by atoms with Crippen LogP contribution in [0.5, 0.6) is 0 Å². The molecule has 154 valence electrons. The first-order valence-electron chi connectivity index (χ1n) is 8.82. The number of benzene rings is 2. The number of non-ortho nitro benzene ring substituents is 1. The maximum Gasteiger partial charge on any atom is 0.290 e. The lowest BCUT2D eigenvalue weighted by Crippen LogP contribution is -3.00. The van der Waals surface area contributed by atoms with Gasteiger partial charge in [0.1, 0.15) is 5.56 Å². The number of pyridine rings is 1. The zero-order valence-electron chi connectivity index (χ0n) is 16.0. The van der Waals surface area contributed by atoms with Crippen molar-refractivity contribution >= 4 is 28.9 Å². The molecule has 0 aliphatic heterocycles. The molecule has 0 spiro atoms. The van der Waals surface area contributed by atoms with Gasteiger partial charge in [0.15, 0.2) is 12.4 Å². The van der Waals surface area contributed by atoms with Gasteiger partial charge in [0.05, 0.1) is 4.92 Å². The first-order valence-corrected chi connectivity index (χ1v) is 8.82. The molecule has 0 aliphatic rings. The molecule has 1 heterocycles. The number of nitrogens with zero attached hydrogens (tertiary/aromatic N) is 2. The van der Waals surface area contributed by atoms with Gasteiger partial charge in [0.25, 0.3) is 17.5 Å². The number of amides is 2. The van der Waals surface area contributed by atoms with Crippen LogP contribution in [0.4, 0.5) is 17.1 Å². The summed E-state index contributed by atoms with van der Waals surface area (Å²) in [6, 6.07) is 16.3. The van der Waals surface area contributed by atoms with Crippen molar-refractivity contribution in [1.82, 2.24) is 0 Å². The Kier molecular flexibility index (Phi) is 7.60. The Bertz CT molecular complexity index is 1050. The molecular formula is C21H19ClN4O4. The second-order valence-electron chi connectivity index (χ2n) is 6.44. The number of carbonyl (C=O) groups excluding carboxylic acids is 2. The van der Waals surface area contributed by atoms with Gasteiger partial charge in [0.2, 0.25) is 6.54 Å². The number of aryl methyl sites for hydroxylation is 1. The van der Waals surface area contributed by atoms with Gasteiger partial charge in [-0.2, -0.15) is 4.57 Å². The van der Waals surface area contributed by atoms with Crippen molar-refractivity contribution in [2.45, 2.75) is 13.5 Å². The van der Waals surface area contributed by atoms with Gasteiger partial charge in [-0.25, -0.2) is 0 Å². The van der Waals surface area contributed by atoms with Gasteiger partial charge < -0.3 is 23.0 Å². The Morgan fingerprint density at radius 2 is 1.57 bits per heavy atom. The van der Waals surface area contributed by atoms with Crippen LogP contribution < -0.4 is 27.6 Å². The first kappa shape index (κ1) is 22.5. The van der Waals surface area contributed by atoms with Crippen molar-refractivity contribution < 1.29 is 31.5 Å². The van der Waals surface area contributed by atoms with Gasteiger partial charge in [-0.15, -0.1) is 0 Å². The molecule has 9 heteroatoms. The van der Waals surface area contributed by atoms with Gasteiger partial charge in [-0.1, -0.05) is 17.7 Å². The van der Waals surface area contributed by atoms with Crippen molar-refractivity contribution in [3.05, 3.63) is 94.3 Å². The van der Waals surface area contributed by atoms with Crippen molar-refractivity contribution in [2.24, 2.45) is 0 Å². The summed E-state index contributed by atoms with van der Waals surface area (Å²) in [7, 11) is 0. The molecule has 0 radical (unpaired) electrons. The number of nitro benzene ring substituents is 1. The van der Waals surface area contributed by atoms with Gasteiger partial charge in [-0.05, 0) is 37.3 Å². The summed E-state index contributed by atoms with van der Waals surface area (Å²) in [4.78, 5) is 34.9. The molecule has 0 bridgehead atoms. The average Bonchev–Trinajstić information content (AvgIpc) is 2.70. The van der Waals surface area contributed by atoms with Crippen molar-refractivity contribution in [1.29, 1.82) is 0 Å². The summed E-state index contributed by atoms with van der Waals surface area (Å²) in [6.45, 7) is 2.02. The average molecular weight is 427 g/mol. The van der Waals surface area contributed by atoms with Crippen molar-refractivity contribution in [3.63, 3.8) is 0 Å². The molecule has 1 aromatic heterocycles. The summed E-state index contributed by atoms with van der Waals surface area (Å²) in [5, 5.41) is 16.2. The molecule has 8 nitrogen and oxygen atoms in total. The lowest BCUT2D eigenvalue weighted by molar-refractivity contribution is -0.684. The SMILES string of the molecule is Cc1ccc(NC(=O)C[n+]2cccc(C(=O)Nc3ccc([N+](=O)[O-])cc3)c2)cc1.[Cl-]. The van der Waals surface area contributed by atoms with E-state index in [4.69, 9.17) is 0 Å². The Balaban J connectivity index is 0.00000320. The number of halogens is 1. The van der Waals surface area contributed by atoms with Gasteiger partial charge >= 0.3 is 0 Å². The predicted molar refractivity (Wildman–Crippen MR) is 107 cm³/mol. The normalized spacial score (nSPS) is 9.90. The number of hydrogen-bond donors (Lipinski definition) is 2. The summed E-state index contributed by atoms with van der Waals surface area (Å²) in [5.74, 6) is -0.598. The molecule has 0 fully saturated rings. The third-order valence-corrected chi connectivity index (χ3v) is 4.12. The van der Waals surface area contributed by atoms with E-state index in [-0.39, 0.29) is 36.5 Å². The topological polar surface area (TPSA) is 105 Å². The van der Waals surface area contributed by atoms with Crippen molar-refractivity contribution in [3.8, 4) is 0 Å². The lowest BCUT2D eigenvalue weighted by Gasteiger charge is -2.05. The highest BCUT2D eigenvalue weighted by Crippen LogP contribution is 2.16. The van der Waals surface area contributed by atoms with Crippen LogP contribution in [0.1, 0.15) is 15.9 Å². The third-order valence-electron chi connectivity index (χ3n) is 4.12. The van der Waals surface area contributed by atoms with E-state index in [1.807, 2.05) is 31.2 Å². The second kappa shape index (κ2) is 10.1. The number of nitrogens with one attached hydrogen (secondary N) is 2. The maximum atomic E-state index is 12.4. The van der Waals surface area contributed by atoms with Crippen LogP contribution in [-0.2, 0) is 11.3 Å². The number of rotatable bonds is 6. The number of aromatic nitrogens is 1. The first-order chi connectivity index (χ1) is 13.9. The zero-order valence-corrected chi connectivity index (χ0v) is 16.8. The van der Waals surface area contributed by atoms with Crippen LogP contribution in [-0.4, -0.2) is 16.7 Å². The van der Waals surface area contributed by atoms with E-state index in [1.54, 1.807) is 29.1 Å². The van der Waals surface area contributed by atoms with Crippen LogP contribution >= 0.6 is 0 Å². The minimum atomic E-state index is -0.507. The minimum Gasteiger partial charge on any atom is -1.00 e. The standard InChI is InChI=1S/C21H18N4O4.ClH/c1-15-4-6-17(7-5-15)22-20(26)14-24-12-2-3-16(13-24)21(27)23-18-8-10-19(11-9-18)25(28)29;/h2-13H,14H2,1H3,(H-,22,23,26,27);1H. The summed E-state index contributed by atoms with van der Waals surface area (Å²) < 4.78 is 1.61. The molecule has 3 rings (SSSR count). The highest BCUT2D eigenvalue weighted by molar-refractivity contribution is 6.03. The second-order valence-corrected chi connectivity index (χ2v) is 6.44. The molecule has 0 aliphatic carbocycles. The van der Waals surface area contributed by atoms with Crippen LogP contribution in [0, 0.1) is 17.0 Å². The summed E-state index contributed by atoms with van der Waals surface area (Å²) >= 11 is 0. The molecule has 30 heavy (non-hydrogen) atoms. The van der Waals surface area contributed by atoms with Crippen LogP contribution in [0.15, 0.2) is 73.1 Å². The molecule has 2 N–H and O–H groups in total. The molecule has 2 aromatic carbocycles. The Labute approximate surface area is 179 Å². The van der Waals surface area contributed by atoms with Crippen LogP contribution in [0.3, 0.4) is 0 Å². The quantitative estimate of drug-likeness (QED) is 0.331. The van der Waals surface area contributed by atoms with Gasteiger partial charge in [-0.3, -0.25) is 19.7 Å². The van der Waals surface area contributed by atoms with E-state index in [1.165, 1.54) is 24.3 Å². The Hall–Kier alpha value is -3.78. The van der Waals surface area contributed by atoms with Gasteiger partial charge in [0, 0.05) is 29.6 Å². The Morgan fingerprint density at radius 1 is 0.967 bits per heavy atom. The fourth-order valence-electron chi connectivity index (χ4n) is 2.63. The molecule has 3 aromatic rings. The van der Waals surface area contributed by atoms with Crippen LogP contribution in [0.2, 0.25) is 0 Å². The zero-order chi connectivity index (χ0) is 20.8.